The van der Waals surface area contributed by atoms with Crippen LogP contribution in [0.2, 0.25) is 0 Å². The molecule has 0 unspecified atom stereocenters. The van der Waals surface area contributed by atoms with Gasteiger partial charge in [-0.1, -0.05) is 41.5 Å². The summed E-state index contributed by atoms with van der Waals surface area (Å²) in [5, 5.41) is 1.75. The van der Waals surface area contributed by atoms with Crippen LogP contribution in [0.25, 0.3) is 0 Å². The molecular formula is C16H36P3+. The lowest BCUT2D eigenvalue weighted by Crippen LogP contribution is -2.23. The Kier molecular flexibility index (Phi) is 6.36. The summed E-state index contributed by atoms with van der Waals surface area (Å²) >= 11 is 0. The average molecular weight is 321 g/mol. The van der Waals surface area contributed by atoms with Gasteiger partial charge in [0.15, 0.2) is 0 Å². The standard InChI is InChI=1S/C16H36P3/c1-13(2,3)18(14(4,5)6)17-19(15(7,8)9)16(10,11)12/h1-12H3/q+1. The molecule has 0 aliphatic carbocycles. The fourth-order valence-corrected chi connectivity index (χ4v) is 22.9. The van der Waals surface area contributed by atoms with E-state index in [0.717, 1.165) is 0 Å². The first-order chi connectivity index (χ1) is 7.97. The van der Waals surface area contributed by atoms with Gasteiger partial charge in [0, 0.05) is 7.61 Å². The molecule has 0 aromatic rings. The van der Waals surface area contributed by atoms with E-state index in [1.165, 1.54) is 0 Å². The number of hydrogen-bond acceptors (Lipinski definition) is 0. The van der Waals surface area contributed by atoms with Crippen molar-refractivity contribution in [2.45, 2.75) is 104 Å². The molecule has 0 aliphatic rings. The summed E-state index contributed by atoms with van der Waals surface area (Å²) in [4.78, 5) is 0. The van der Waals surface area contributed by atoms with Crippen LogP contribution in [0.15, 0.2) is 0 Å². The molecule has 0 radical (unpaired) electrons. The van der Waals surface area contributed by atoms with E-state index in [-0.39, 0.29) is 14.8 Å². The van der Waals surface area contributed by atoms with Crippen molar-refractivity contribution in [2.75, 3.05) is 0 Å². The molecule has 0 N–H and O–H groups in total. The minimum absolute atomic E-state index is 0.00965. The minimum atomic E-state index is -0.00965. The molecule has 3 heteroatoms. The van der Waals surface area contributed by atoms with Crippen LogP contribution in [-0.4, -0.2) is 20.6 Å². The molecule has 114 valence electrons. The fourth-order valence-electron chi connectivity index (χ4n) is 2.64. The second-order valence-electron chi connectivity index (χ2n) is 9.40. The third-order valence-corrected chi connectivity index (χ3v) is 19.7. The van der Waals surface area contributed by atoms with E-state index in [0.29, 0.717) is 20.6 Å². The van der Waals surface area contributed by atoms with Gasteiger partial charge in [-0.3, -0.25) is 0 Å². The first-order valence-corrected chi connectivity index (χ1v) is 12.3. The molecule has 0 saturated heterocycles. The number of rotatable bonds is 1. The van der Waals surface area contributed by atoms with Crippen molar-refractivity contribution >= 4 is 22.4 Å². The van der Waals surface area contributed by atoms with Crippen molar-refractivity contribution in [1.29, 1.82) is 0 Å². The van der Waals surface area contributed by atoms with Crippen molar-refractivity contribution in [3.63, 3.8) is 0 Å². The van der Waals surface area contributed by atoms with Crippen LogP contribution >= 0.6 is 22.4 Å². The summed E-state index contributed by atoms with van der Waals surface area (Å²) < 4.78 is 0. The Labute approximate surface area is 126 Å². The topological polar surface area (TPSA) is 0 Å². The van der Waals surface area contributed by atoms with E-state index in [1.807, 2.05) is 0 Å². The highest BCUT2D eigenvalue weighted by atomic mass is 32.3. The molecule has 0 aliphatic heterocycles. The van der Waals surface area contributed by atoms with Crippen LogP contribution in [0.3, 0.4) is 0 Å². The molecule has 0 spiro atoms. The van der Waals surface area contributed by atoms with Crippen molar-refractivity contribution in [1.82, 2.24) is 0 Å². The molecule has 0 aromatic heterocycles. The molecule has 0 atom stereocenters. The summed E-state index contributed by atoms with van der Waals surface area (Å²) in [5.41, 5.74) is 0. The smallest absolute Gasteiger partial charge is 0.0554 e. The summed E-state index contributed by atoms with van der Waals surface area (Å²) in [6.45, 7) is 29.3. The van der Waals surface area contributed by atoms with Gasteiger partial charge in [-0.25, -0.2) is 0 Å². The Balaban J connectivity index is 5.91. The number of hydrogen-bond donors (Lipinski definition) is 0. The maximum atomic E-state index is 2.44. The normalized spacial score (nSPS) is 15.2. The zero-order valence-electron chi connectivity index (χ0n) is 15.3. The van der Waals surface area contributed by atoms with Gasteiger partial charge in [0.2, 0.25) is 0 Å². The molecule has 0 fully saturated rings. The summed E-state index contributed by atoms with van der Waals surface area (Å²) in [6, 6.07) is 0. The van der Waals surface area contributed by atoms with Crippen LogP contribution < -0.4 is 0 Å². The van der Waals surface area contributed by atoms with Crippen LogP contribution in [-0.2, 0) is 0 Å². The predicted octanol–water partition coefficient (Wildman–Crippen LogP) is 7.92. The van der Waals surface area contributed by atoms with Crippen LogP contribution in [0.5, 0.6) is 0 Å². The molecular weight excluding hydrogens is 285 g/mol. The van der Waals surface area contributed by atoms with E-state index >= 15 is 0 Å². The summed E-state index contributed by atoms with van der Waals surface area (Å²) in [6.07, 6.45) is 0. The van der Waals surface area contributed by atoms with Gasteiger partial charge in [0.25, 0.3) is 0 Å². The van der Waals surface area contributed by atoms with Gasteiger partial charge in [0.05, 0.1) is 0 Å². The lowest BCUT2D eigenvalue weighted by Gasteiger charge is -2.37. The van der Waals surface area contributed by atoms with Gasteiger partial charge in [-0.15, -0.1) is 0 Å². The van der Waals surface area contributed by atoms with E-state index in [2.05, 4.69) is 83.1 Å². The summed E-state index contributed by atoms with van der Waals surface area (Å²) in [5.74, 6) is 0. The average Bonchev–Trinajstić information content (AvgIpc) is 1.91. The van der Waals surface area contributed by atoms with Gasteiger partial charge in [-0.05, 0) is 51.9 Å². The Bertz CT molecular complexity index is 297. The van der Waals surface area contributed by atoms with E-state index in [1.54, 1.807) is 7.56 Å². The molecule has 0 heterocycles. The Morgan fingerprint density at radius 2 is 0.842 bits per heavy atom. The lowest BCUT2D eigenvalue weighted by molar-refractivity contribution is 0.719. The molecule has 0 saturated carbocycles. The zero-order valence-corrected chi connectivity index (χ0v) is 18.0. The highest BCUT2D eigenvalue weighted by molar-refractivity contribution is 8.36. The van der Waals surface area contributed by atoms with Crippen molar-refractivity contribution in [3.8, 4) is 0 Å². The van der Waals surface area contributed by atoms with E-state index < -0.39 is 0 Å². The molecule has 0 bridgehead atoms. The maximum Gasteiger partial charge on any atom is 0.147 e. The van der Waals surface area contributed by atoms with E-state index in [4.69, 9.17) is 0 Å². The Morgan fingerprint density at radius 1 is 0.579 bits per heavy atom. The van der Waals surface area contributed by atoms with Gasteiger partial charge in [0.1, 0.15) is 25.1 Å². The molecule has 19 heavy (non-hydrogen) atoms. The Morgan fingerprint density at radius 3 is 1.00 bits per heavy atom. The fraction of sp³-hybridized carbons (Fsp3) is 1.00. The third kappa shape index (κ3) is 6.55. The van der Waals surface area contributed by atoms with Crippen molar-refractivity contribution in [2.24, 2.45) is 0 Å². The monoisotopic (exact) mass is 321 g/mol. The Hall–Kier alpha value is 1.03. The predicted molar refractivity (Wildman–Crippen MR) is 99.8 cm³/mol. The highest BCUT2D eigenvalue weighted by Crippen LogP contribution is 2.77. The first kappa shape index (κ1) is 20.0. The molecule has 0 nitrogen and oxygen atoms in total. The highest BCUT2D eigenvalue weighted by Gasteiger charge is 2.45. The molecule has 0 amide bonds. The quantitative estimate of drug-likeness (QED) is 0.430. The van der Waals surface area contributed by atoms with Crippen molar-refractivity contribution < 1.29 is 0 Å². The largest absolute Gasteiger partial charge is 0.147 e. The third-order valence-electron chi connectivity index (χ3n) is 2.72. The second-order valence-corrected chi connectivity index (χ2v) is 20.7. The SMILES string of the molecule is CC(C)(C)P(P=[P+](C(C)(C)C)C(C)(C)C)C(C)(C)C. The van der Waals surface area contributed by atoms with Crippen LogP contribution in [0, 0.1) is 0 Å². The molecule has 0 aromatic carbocycles. The lowest BCUT2D eigenvalue weighted by atomic mass is 10.2. The van der Waals surface area contributed by atoms with Crippen LogP contribution in [0.4, 0.5) is 0 Å². The van der Waals surface area contributed by atoms with E-state index in [9.17, 15) is 0 Å². The summed E-state index contributed by atoms with van der Waals surface area (Å²) in [7, 11) is 1.73. The first-order valence-electron chi connectivity index (χ1n) is 7.29. The minimum Gasteiger partial charge on any atom is -0.0554 e. The molecule has 0 rings (SSSR count). The van der Waals surface area contributed by atoms with Crippen molar-refractivity contribution in [3.05, 3.63) is 0 Å². The maximum absolute atomic E-state index is 2.44. The second kappa shape index (κ2) is 6.03. The zero-order chi connectivity index (χ0) is 15.9. The van der Waals surface area contributed by atoms with Gasteiger partial charge >= 0.3 is 0 Å². The van der Waals surface area contributed by atoms with Gasteiger partial charge in [-0.2, -0.15) is 0 Å². The van der Waals surface area contributed by atoms with Crippen LogP contribution in [0.1, 0.15) is 83.1 Å². The van der Waals surface area contributed by atoms with Gasteiger partial charge < -0.3 is 0 Å².